The fourth-order valence-corrected chi connectivity index (χ4v) is 15.2. The summed E-state index contributed by atoms with van der Waals surface area (Å²) in [5.41, 5.74) is 29.0. The van der Waals surface area contributed by atoms with E-state index < -0.39 is 0 Å². The molecule has 0 radical (unpaired) electrons. The van der Waals surface area contributed by atoms with Crippen molar-refractivity contribution in [3.63, 3.8) is 0 Å². The van der Waals surface area contributed by atoms with Crippen molar-refractivity contribution in [1.29, 1.82) is 0 Å². The Morgan fingerprint density at radius 3 is 1.13 bits per heavy atom. The smallest absolute Gasteiger partial charge is 0.0672 e. The minimum Gasteiger partial charge on any atom is -0.333 e. The van der Waals surface area contributed by atoms with E-state index in [4.69, 9.17) is 0 Å². The van der Waals surface area contributed by atoms with E-state index in [1.807, 2.05) is 0 Å². The van der Waals surface area contributed by atoms with Gasteiger partial charge in [-0.1, -0.05) is 205 Å². The third-order valence-corrected chi connectivity index (χ3v) is 18.7. The minimum atomic E-state index is -0.124. The van der Waals surface area contributed by atoms with Crippen molar-refractivity contribution >= 4 is 22.7 Å². The molecule has 0 amide bonds. The number of hydrogen-bond donors (Lipinski definition) is 0. The summed E-state index contributed by atoms with van der Waals surface area (Å²) in [5, 5.41) is 0. The zero-order valence-electron chi connectivity index (χ0n) is 43.6. The van der Waals surface area contributed by atoms with E-state index in [9.17, 15) is 0 Å². The van der Waals surface area contributed by atoms with Crippen molar-refractivity contribution in [3.05, 3.63) is 275 Å². The van der Waals surface area contributed by atoms with Crippen LogP contribution in [0.1, 0.15) is 110 Å². The molecule has 4 atom stereocenters. The largest absolute Gasteiger partial charge is 0.333 e. The fourth-order valence-electron chi connectivity index (χ4n) is 15.2. The predicted octanol–water partition coefficient (Wildman–Crippen LogP) is 19.2. The summed E-state index contributed by atoms with van der Waals surface area (Å²) >= 11 is 0. The standard InChI is InChI=1S/C73H60N2/c1-71(2)63-34-30-47(49-32-36-65-59(43-49)67-69(74(65)53-24-14-9-15-25-53)55-26-16-18-28-61(55)72(67,3)4)41-57(63)58-42-48(31-35-64(58)71)50-33-37-66-60(44-50)68-70(56-27-17-19-29-62(56)73(68,5)6)75(66)54-39-51(45-20-10-7-11-21-45)38-52(40-54)46-22-12-8-13-23-46/h7-44,67-70H,1-6H3. The van der Waals surface area contributed by atoms with Crippen molar-refractivity contribution < 1.29 is 0 Å². The lowest BCUT2D eigenvalue weighted by Gasteiger charge is -2.31. The van der Waals surface area contributed by atoms with Crippen LogP contribution < -0.4 is 9.80 Å². The molecule has 0 bridgehead atoms. The van der Waals surface area contributed by atoms with E-state index in [2.05, 4.69) is 282 Å². The van der Waals surface area contributed by atoms with Gasteiger partial charge in [0, 0.05) is 40.0 Å². The molecule has 2 aliphatic heterocycles. The summed E-state index contributed by atoms with van der Waals surface area (Å²) < 4.78 is 0. The van der Waals surface area contributed by atoms with Crippen molar-refractivity contribution in [2.45, 2.75) is 81.7 Å². The van der Waals surface area contributed by atoms with Crippen LogP contribution in [-0.4, -0.2) is 0 Å². The van der Waals surface area contributed by atoms with Gasteiger partial charge in [-0.25, -0.2) is 0 Å². The Morgan fingerprint density at radius 1 is 0.280 bits per heavy atom. The van der Waals surface area contributed by atoms with Gasteiger partial charge < -0.3 is 9.80 Å². The van der Waals surface area contributed by atoms with Gasteiger partial charge >= 0.3 is 0 Å². The summed E-state index contributed by atoms with van der Waals surface area (Å²) in [6.07, 6.45) is 0. The summed E-state index contributed by atoms with van der Waals surface area (Å²) in [7, 11) is 0. The van der Waals surface area contributed by atoms with Crippen LogP contribution in [0.3, 0.4) is 0 Å². The molecule has 10 aromatic rings. The zero-order valence-corrected chi connectivity index (χ0v) is 43.6. The van der Waals surface area contributed by atoms with Gasteiger partial charge in [0.15, 0.2) is 0 Å². The van der Waals surface area contributed by atoms with Gasteiger partial charge in [-0.15, -0.1) is 0 Å². The van der Waals surface area contributed by atoms with Crippen LogP contribution in [-0.2, 0) is 16.2 Å². The van der Waals surface area contributed by atoms with E-state index in [-0.39, 0.29) is 34.2 Å². The quantitative estimate of drug-likeness (QED) is 0.164. The molecule has 2 nitrogen and oxygen atoms in total. The maximum Gasteiger partial charge on any atom is 0.0672 e. The Labute approximate surface area is 442 Å². The Kier molecular flexibility index (Phi) is 9.39. The second kappa shape index (κ2) is 15.9. The van der Waals surface area contributed by atoms with Gasteiger partial charge in [-0.3, -0.25) is 0 Å². The highest BCUT2D eigenvalue weighted by Gasteiger charge is 2.56. The average Bonchev–Trinajstić information content (AvgIpc) is 4.35. The van der Waals surface area contributed by atoms with E-state index in [0.29, 0.717) is 5.92 Å². The van der Waals surface area contributed by atoms with Crippen LogP contribution in [0.25, 0.3) is 55.6 Å². The molecule has 0 saturated heterocycles. The first-order valence-electron chi connectivity index (χ1n) is 27.1. The molecule has 4 unspecified atom stereocenters. The molecule has 3 aliphatic carbocycles. The first kappa shape index (κ1) is 44.3. The molecular formula is C73H60N2. The van der Waals surface area contributed by atoms with Gasteiger partial charge in [-0.2, -0.15) is 0 Å². The van der Waals surface area contributed by atoms with Crippen molar-refractivity contribution in [2.75, 3.05) is 9.80 Å². The number of anilines is 4. The van der Waals surface area contributed by atoms with Crippen LogP contribution in [0.15, 0.2) is 231 Å². The molecule has 15 rings (SSSR count). The first-order valence-corrected chi connectivity index (χ1v) is 27.1. The third-order valence-electron chi connectivity index (χ3n) is 18.7. The van der Waals surface area contributed by atoms with Gasteiger partial charge in [0.05, 0.1) is 12.1 Å². The molecule has 0 fully saturated rings. The van der Waals surface area contributed by atoms with Gasteiger partial charge in [0.2, 0.25) is 0 Å². The van der Waals surface area contributed by atoms with Crippen LogP contribution in [0.5, 0.6) is 0 Å². The van der Waals surface area contributed by atoms with E-state index in [0.717, 1.165) is 0 Å². The highest BCUT2D eigenvalue weighted by molar-refractivity contribution is 5.90. The molecule has 362 valence electrons. The number of fused-ring (bicyclic) bond motifs is 13. The topological polar surface area (TPSA) is 6.48 Å². The Morgan fingerprint density at radius 2 is 0.667 bits per heavy atom. The van der Waals surface area contributed by atoms with Gasteiger partial charge in [0.1, 0.15) is 0 Å². The molecule has 2 heteroatoms. The fraction of sp³-hybridized carbons (Fsp3) is 0.178. The van der Waals surface area contributed by atoms with E-state index >= 15 is 0 Å². The number of hydrogen-bond acceptors (Lipinski definition) is 2. The molecule has 0 saturated carbocycles. The molecular weight excluding hydrogens is 905 g/mol. The van der Waals surface area contributed by atoms with Crippen molar-refractivity contribution in [1.82, 2.24) is 0 Å². The summed E-state index contributed by atoms with van der Waals surface area (Å²) in [5.74, 6) is 0.583. The van der Waals surface area contributed by atoms with E-state index in [1.165, 1.54) is 123 Å². The third kappa shape index (κ3) is 6.32. The lowest BCUT2D eigenvalue weighted by atomic mass is 9.74. The second-order valence-corrected chi connectivity index (χ2v) is 23.7. The number of benzene rings is 10. The first-order chi connectivity index (χ1) is 36.5. The number of rotatable bonds is 6. The minimum absolute atomic E-state index is 0.0247. The van der Waals surface area contributed by atoms with Crippen LogP contribution in [0.2, 0.25) is 0 Å². The summed E-state index contributed by atoms with van der Waals surface area (Å²) in [4.78, 5) is 5.30. The predicted molar refractivity (Wildman–Crippen MR) is 313 cm³/mol. The number of para-hydroxylation sites is 1. The second-order valence-electron chi connectivity index (χ2n) is 23.7. The van der Waals surface area contributed by atoms with Gasteiger partial charge in [0.25, 0.3) is 0 Å². The maximum absolute atomic E-state index is 2.68. The normalized spacial score (nSPS) is 20.1. The molecule has 0 N–H and O–H groups in total. The zero-order chi connectivity index (χ0) is 50.5. The lowest BCUT2D eigenvalue weighted by Crippen LogP contribution is -2.25. The average molecular weight is 965 g/mol. The lowest BCUT2D eigenvalue weighted by molar-refractivity contribution is 0.420. The van der Waals surface area contributed by atoms with Crippen molar-refractivity contribution in [2.24, 2.45) is 0 Å². The summed E-state index contributed by atoms with van der Waals surface area (Å²) in [6, 6.07) is 88.2. The Hall–Kier alpha value is -8.20. The maximum atomic E-state index is 2.68. The molecule has 5 aliphatic rings. The summed E-state index contributed by atoms with van der Waals surface area (Å²) in [6.45, 7) is 14.7. The monoisotopic (exact) mass is 964 g/mol. The molecule has 0 aromatic heterocycles. The molecule has 2 heterocycles. The van der Waals surface area contributed by atoms with Crippen LogP contribution in [0.4, 0.5) is 22.7 Å². The van der Waals surface area contributed by atoms with Gasteiger partial charge in [-0.05, 0) is 178 Å². The SMILES string of the molecule is CC1(C)c2ccc(-c3ccc4c(c3)C3C(c5ccccc5C3(C)C)N4c3ccccc3)cc2-c2cc(-c3ccc4c(c3)C3C(c5ccccc5C3(C)C)N4c3cc(-c4ccccc4)cc(-c4ccccc4)c3)ccc21. The van der Waals surface area contributed by atoms with Crippen molar-refractivity contribution in [3.8, 4) is 55.6 Å². The Balaban J connectivity index is 0.841. The molecule has 75 heavy (non-hydrogen) atoms. The van der Waals surface area contributed by atoms with Crippen LogP contribution >= 0.6 is 0 Å². The molecule has 0 spiro atoms. The molecule has 10 aromatic carbocycles. The van der Waals surface area contributed by atoms with Crippen LogP contribution in [0, 0.1) is 0 Å². The Bertz CT molecular complexity index is 3900. The number of nitrogens with zero attached hydrogens (tertiary/aromatic N) is 2. The highest BCUT2D eigenvalue weighted by atomic mass is 15.2. The highest BCUT2D eigenvalue weighted by Crippen LogP contribution is 2.67. The van der Waals surface area contributed by atoms with E-state index in [1.54, 1.807) is 0 Å².